The Kier molecular flexibility index (Phi) is 4.01. The molecule has 0 N–H and O–H groups in total. The van der Waals surface area contributed by atoms with Gasteiger partial charge in [-0.1, -0.05) is 68.5 Å². The molecule has 0 unspecified atom stereocenters. The molecule has 0 saturated carbocycles. The van der Waals surface area contributed by atoms with E-state index >= 15 is 0 Å². The molecule has 2 aromatic carbocycles. The number of aryl methyl sites for hydroxylation is 1. The molecule has 22 heavy (non-hydrogen) atoms. The molecule has 4 rings (SSSR count). The van der Waals surface area contributed by atoms with Crippen molar-refractivity contribution in [3.8, 4) is 11.1 Å². The van der Waals surface area contributed by atoms with Gasteiger partial charge >= 0.3 is 0 Å². The maximum Gasteiger partial charge on any atom is 0.0214 e. The predicted molar refractivity (Wildman–Crippen MR) is 94.1 cm³/mol. The van der Waals surface area contributed by atoms with E-state index < -0.39 is 0 Å². The van der Waals surface area contributed by atoms with Crippen LogP contribution in [0.25, 0.3) is 11.1 Å². The Balaban J connectivity index is 1.73. The molecule has 0 aliphatic heterocycles. The van der Waals surface area contributed by atoms with Crippen molar-refractivity contribution in [1.29, 1.82) is 0 Å². The van der Waals surface area contributed by atoms with Crippen molar-refractivity contribution in [2.24, 2.45) is 0 Å². The number of hydrogen-bond donors (Lipinski definition) is 0. The fraction of sp³-hybridized carbons (Fsp3) is 0.409. The van der Waals surface area contributed by atoms with E-state index in [1.165, 1.54) is 80.0 Å². The minimum Gasteiger partial charge on any atom is -0.0619 e. The van der Waals surface area contributed by atoms with Crippen LogP contribution in [0.3, 0.4) is 0 Å². The highest BCUT2D eigenvalue weighted by molar-refractivity contribution is 5.82. The van der Waals surface area contributed by atoms with Crippen molar-refractivity contribution in [1.82, 2.24) is 0 Å². The Morgan fingerprint density at radius 1 is 0.591 bits per heavy atom. The van der Waals surface area contributed by atoms with Crippen molar-refractivity contribution < 1.29 is 0 Å². The van der Waals surface area contributed by atoms with Gasteiger partial charge in [-0.05, 0) is 59.1 Å². The Morgan fingerprint density at radius 2 is 1.32 bits per heavy atom. The number of benzene rings is 2. The summed E-state index contributed by atoms with van der Waals surface area (Å²) in [6, 6.07) is 13.6. The molecule has 0 heteroatoms. The molecule has 2 aromatic rings. The van der Waals surface area contributed by atoms with Crippen molar-refractivity contribution in [3.05, 3.63) is 65.1 Å². The van der Waals surface area contributed by atoms with Crippen LogP contribution in [0.1, 0.15) is 67.2 Å². The number of hydrogen-bond acceptors (Lipinski definition) is 0. The predicted octanol–water partition coefficient (Wildman–Crippen LogP) is 6.10. The molecule has 0 heterocycles. The van der Waals surface area contributed by atoms with Gasteiger partial charge in [-0.3, -0.25) is 0 Å². The quantitative estimate of drug-likeness (QED) is 0.469. The Morgan fingerprint density at radius 3 is 2.18 bits per heavy atom. The van der Waals surface area contributed by atoms with Crippen molar-refractivity contribution in [2.45, 2.75) is 57.8 Å². The van der Waals surface area contributed by atoms with Gasteiger partial charge in [0.05, 0.1) is 0 Å². The van der Waals surface area contributed by atoms with Crippen LogP contribution < -0.4 is 0 Å². The normalized spacial score (nSPS) is 18.0. The van der Waals surface area contributed by atoms with Gasteiger partial charge in [0.25, 0.3) is 0 Å². The highest BCUT2D eigenvalue weighted by Crippen LogP contribution is 2.41. The first-order valence-electron chi connectivity index (χ1n) is 9.02. The summed E-state index contributed by atoms with van der Waals surface area (Å²) in [6.07, 6.45) is 14.8. The standard InChI is InChI=1S/C22H25/c1-2-4-6-10-17-14-15-21-20-13-9-8-11-18(20)16-22(21)19(17)12-7-5-3-1/h8-9,11,13-16H,1-7,10,12H2. The molecule has 0 spiro atoms. The Labute approximate surface area is 134 Å². The molecule has 0 aromatic heterocycles. The maximum atomic E-state index is 2.43. The second-order valence-corrected chi connectivity index (χ2v) is 6.87. The number of fused-ring (bicyclic) bond motifs is 5. The highest BCUT2D eigenvalue weighted by atomic mass is 14.3. The lowest BCUT2D eigenvalue weighted by Crippen LogP contribution is -2.00. The second kappa shape index (κ2) is 6.28. The lowest BCUT2D eigenvalue weighted by atomic mass is 9.90. The highest BCUT2D eigenvalue weighted by Gasteiger charge is 2.22. The SMILES string of the molecule is [CH]1c2ccccc2-c2ccc3c(c21)CCCCCCCCC3. The van der Waals surface area contributed by atoms with Gasteiger partial charge < -0.3 is 0 Å². The van der Waals surface area contributed by atoms with Crippen LogP contribution in [-0.2, 0) is 12.8 Å². The molecule has 0 amide bonds. The van der Waals surface area contributed by atoms with E-state index in [9.17, 15) is 0 Å². The molecule has 0 atom stereocenters. The summed E-state index contributed by atoms with van der Waals surface area (Å²) in [5, 5.41) is 0. The van der Waals surface area contributed by atoms with Gasteiger partial charge in [0.1, 0.15) is 0 Å². The van der Waals surface area contributed by atoms with Gasteiger partial charge in [-0.2, -0.15) is 0 Å². The van der Waals surface area contributed by atoms with Gasteiger partial charge in [-0.25, -0.2) is 0 Å². The zero-order valence-electron chi connectivity index (χ0n) is 13.4. The fourth-order valence-electron chi connectivity index (χ4n) is 4.16. The van der Waals surface area contributed by atoms with E-state index in [0.717, 1.165) is 0 Å². The van der Waals surface area contributed by atoms with Gasteiger partial charge in [0, 0.05) is 6.42 Å². The first-order chi connectivity index (χ1) is 10.9. The summed E-state index contributed by atoms with van der Waals surface area (Å²) in [6.45, 7) is 0. The van der Waals surface area contributed by atoms with Crippen LogP contribution in [0.15, 0.2) is 36.4 Å². The molecular weight excluding hydrogens is 264 g/mol. The van der Waals surface area contributed by atoms with E-state index in [-0.39, 0.29) is 0 Å². The van der Waals surface area contributed by atoms with E-state index in [0.29, 0.717) is 0 Å². The molecule has 1 radical (unpaired) electrons. The summed E-state index contributed by atoms with van der Waals surface area (Å²) in [5.41, 5.74) is 9.08. The molecule has 2 aliphatic carbocycles. The zero-order valence-corrected chi connectivity index (χ0v) is 13.4. The minimum absolute atomic E-state index is 1.27. The third-order valence-electron chi connectivity index (χ3n) is 5.38. The van der Waals surface area contributed by atoms with Gasteiger partial charge in [0.2, 0.25) is 0 Å². The van der Waals surface area contributed by atoms with E-state index in [1.807, 2.05) is 0 Å². The van der Waals surface area contributed by atoms with Crippen LogP contribution in [0.4, 0.5) is 0 Å². The molecule has 0 fully saturated rings. The first-order valence-corrected chi connectivity index (χ1v) is 9.02. The molecule has 0 bridgehead atoms. The van der Waals surface area contributed by atoms with Crippen LogP contribution >= 0.6 is 0 Å². The summed E-state index contributed by atoms with van der Waals surface area (Å²) in [5.74, 6) is 0. The largest absolute Gasteiger partial charge is 0.0619 e. The average Bonchev–Trinajstić information content (AvgIpc) is 2.90. The molecular formula is C22H25. The van der Waals surface area contributed by atoms with Crippen LogP contribution in [0.2, 0.25) is 0 Å². The van der Waals surface area contributed by atoms with E-state index in [2.05, 4.69) is 42.8 Å². The Bertz CT molecular complexity index is 666. The topological polar surface area (TPSA) is 0 Å². The van der Waals surface area contributed by atoms with E-state index in [1.54, 1.807) is 11.1 Å². The first kappa shape index (κ1) is 14.1. The third-order valence-corrected chi connectivity index (χ3v) is 5.38. The maximum absolute atomic E-state index is 2.43. The van der Waals surface area contributed by atoms with Gasteiger partial charge in [-0.15, -0.1) is 0 Å². The van der Waals surface area contributed by atoms with Crippen molar-refractivity contribution >= 4 is 0 Å². The summed E-state index contributed by atoms with van der Waals surface area (Å²) in [7, 11) is 0. The molecule has 0 saturated heterocycles. The minimum atomic E-state index is 1.27. The van der Waals surface area contributed by atoms with Crippen LogP contribution in [-0.4, -0.2) is 0 Å². The monoisotopic (exact) mass is 289 g/mol. The number of rotatable bonds is 0. The fourth-order valence-corrected chi connectivity index (χ4v) is 4.16. The third kappa shape index (κ3) is 2.60. The van der Waals surface area contributed by atoms with E-state index in [4.69, 9.17) is 0 Å². The summed E-state index contributed by atoms with van der Waals surface area (Å²) in [4.78, 5) is 0. The lowest BCUT2D eigenvalue weighted by molar-refractivity contribution is 0.587. The van der Waals surface area contributed by atoms with Crippen LogP contribution in [0.5, 0.6) is 0 Å². The molecule has 0 nitrogen and oxygen atoms in total. The Hall–Kier alpha value is -1.56. The van der Waals surface area contributed by atoms with Gasteiger partial charge in [0.15, 0.2) is 0 Å². The van der Waals surface area contributed by atoms with Crippen molar-refractivity contribution in [2.75, 3.05) is 0 Å². The second-order valence-electron chi connectivity index (χ2n) is 6.87. The zero-order chi connectivity index (χ0) is 14.8. The lowest BCUT2D eigenvalue weighted by Gasteiger charge is -2.14. The molecule has 2 aliphatic rings. The average molecular weight is 289 g/mol. The summed E-state index contributed by atoms with van der Waals surface area (Å²) < 4.78 is 0. The summed E-state index contributed by atoms with van der Waals surface area (Å²) >= 11 is 0. The molecule has 113 valence electrons. The van der Waals surface area contributed by atoms with Crippen molar-refractivity contribution in [3.63, 3.8) is 0 Å². The smallest absolute Gasteiger partial charge is 0.0214 e. The van der Waals surface area contributed by atoms with Crippen LogP contribution in [0, 0.1) is 6.42 Å².